The molecule has 4 heteroatoms. The lowest BCUT2D eigenvalue weighted by Gasteiger charge is -2.06. The lowest BCUT2D eigenvalue weighted by atomic mass is 10.1. The second-order valence-electron chi connectivity index (χ2n) is 4.08. The molecule has 3 aromatic rings. The number of rotatable bonds is 1. The first kappa shape index (κ1) is 11.1. The number of hydrogen-bond acceptors (Lipinski definition) is 3. The minimum absolute atomic E-state index is 0.261. The highest BCUT2D eigenvalue weighted by molar-refractivity contribution is 6.28. The molecule has 0 bridgehead atoms. The van der Waals surface area contributed by atoms with Crippen LogP contribution in [0.2, 0.25) is 5.28 Å². The van der Waals surface area contributed by atoms with E-state index in [9.17, 15) is 0 Å². The minimum Gasteiger partial charge on any atom is -0.256 e. The van der Waals surface area contributed by atoms with Crippen LogP contribution in [0.3, 0.4) is 0 Å². The van der Waals surface area contributed by atoms with E-state index in [1.807, 2.05) is 37.3 Å². The molecule has 0 fully saturated rings. The summed E-state index contributed by atoms with van der Waals surface area (Å²) in [5, 5.41) is 1.37. The molecular formula is C14H10ClN3. The van der Waals surface area contributed by atoms with Gasteiger partial charge in [0, 0.05) is 23.3 Å². The second-order valence-corrected chi connectivity index (χ2v) is 4.42. The fourth-order valence-electron chi connectivity index (χ4n) is 1.93. The first-order valence-electron chi connectivity index (χ1n) is 5.58. The zero-order valence-electron chi connectivity index (χ0n) is 9.76. The van der Waals surface area contributed by atoms with Crippen molar-refractivity contribution in [1.29, 1.82) is 0 Å². The van der Waals surface area contributed by atoms with E-state index >= 15 is 0 Å². The highest BCUT2D eigenvalue weighted by Gasteiger charge is 2.06. The molecule has 2 aromatic heterocycles. The molecule has 0 spiro atoms. The summed E-state index contributed by atoms with van der Waals surface area (Å²) in [6.45, 7) is 1.97. The zero-order chi connectivity index (χ0) is 12.5. The first-order chi connectivity index (χ1) is 8.74. The van der Waals surface area contributed by atoms with Gasteiger partial charge in [-0.2, -0.15) is 0 Å². The third-order valence-corrected chi connectivity index (χ3v) is 3.00. The highest BCUT2D eigenvalue weighted by atomic mass is 35.5. The maximum Gasteiger partial charge on any atom is 0.222 e. The maximum absolute atomic E-state index is 5.85. The molecule has 0 saturated carbocycles. The maximum atomic E-state index is 5.85. The fraction of sp³-hybridized carbons (Fsp3) is 0.0714. The summed E-state index contributed by atoms with van der Waals surface area (Å²) < 4.78 is 0. The number of nitrogens with zero attached hydrogens (tertiary/aromatic N) is 3. The van der Waals surface area contributed by atoms with Crippen LogP contribution in [0.25, 0.3) is 22.2 Å². The van der Waals surface area contributed by atoms with Gasteiger partial charge in [-0.05, 0) is 36.2 Å². The van der Waals surface area contributed by atoms with E-state index in [0.717, 1.165) is 27.7 Å². The number of benzene rings is 1. The number of aryl methyl sites for hydroxylation is 1. The van der Waals surface area contributed by atoms with Crippen LogP contribution in [0.4, 0.5) is 0 Å². The van der Waals surface area contributed by atoms with Gasteiger partial charge < -0.3 is 0 Å². The molecule has 1 aromatic carbocycles. The van der Waals surface area contributed by atoms with Gasteiger partial charge in [-0.3, -0.25) is 4.98 Å². The van der Waals surface area contributed by atoms with E-state index < -0.39 is 0 Å². The monoisotopic (exact) mass is 255 g/mol. The van der Waals surface area contributed by atoms with Gasteiger partial charge in [-0.15, -0.1) is 0 Å². The van der Waals surface area contributed by atoms with Crippen LogP contribution >= 0.6 is 11.6 Å². The SMILES string of the molecule is Cc1cnc(Cl)nc1-c1ccc2cccnc2c1. The largest absolute Gasteiger partial charge is 0.256 e. The lowest BCUT2D eigenvalue weighted by Crippen LogP contribution is -1.92. The van der Waals surface area contributed by atoms with Gasteiger partial charge in [0.2, 0.25) is 5.28 Å². The van der Waals surface area contributed by atoms with Gasteiger partial charge >= 0.3 is 0 Å². The Morgan fingerprint density at radius 3 is 2.89 bits per heavy atom. The molecule has 0 saturated heterocycles. The molecule has 3 nitrogen and oxygen atoms in total. The third kappa shape index (κ3) is 1.93. The highest BCUT2D eigenvalue weighted by Crippen LogP contribution is 2.24. The van der Waals surface area contributed by atoms with Crippen molar-refractivity contribution in [3.8, 4) is 11.3 Å². The molecule has 0 atom stereocenters. The van der Waals surface area contributed by atoms with Crippen LogP contribution in [0.1, 0.15) is 5.56 Å². The average molecular weight is 256 g/mol. The molecule has 0 aliphatic carbocycles. The smallest absolute Gasteiger partial charge is 0.222 e. The van der Waals surface area contributed by atoms with Gasteiger partial charge in [0.15, 0.2) is 0 Å². The Labute approximate surface area is 109 Å². The van der Waals surface area contributed by atoms with Crippen LogP contribution < -0.4 is 0 Å². The van der Waals surface area contributed by atoms with Crippen molar-refractivity contribution in [1.82, 2.24) is 15.0 Å². The Hall–Kier alpha value is -2.00. The van der Waals surface area contributed by atoms with E-state index in [-0.39, 0.29) is 5.28 Å². The van der Waals surface area contributed by atoms with Crippen molar-refractivity contribution in [2.24, 2.45) is 0 Å². The van der Waals surface area contributed by atoms with Crippen LogP contribution in [0.5, 0.6) is 0 Å². The molecular weight excluding hydrogens is 246 g/mol. The van der Waals surface area contributed by atoms with Crippen molar-refractivity contribution in [2.75, 3.05) is 0 Å². The van der Waals surface area contributed by atoms with Gasteiger partial charge in [0.25, 0.3) is 0 Å². The van der Waals surface area contributed by atoms with Crippen molar-refractivity contribution < 1.29 is 0 Å². The summed E-state index contributed by atoms with van der Waals surface area (Å²) in [6.07, 6.45) is 3.51. The number of fused-ring (bicyclic) bond motifs is 1. The molecule has 0 amide bonds. The Bertz CT molecular complexity index is 725. The predicted molar refractivity (Wildman–Crippen MR) is 72.5 cm³/mol. The summed E-state index contributed by atoms with van der Waals surface area (Å²) in [5.41, 5.74) is 3.80. The normalized spacial score (nSPS) is 10.8. The van der Waals surface area contributed by atoms with E-state index in [1.165, 1.54) is 0 Å². The van der Waals surface area contributed by atoms with E-state index in [0.29, 0.717) is 0 Å². The standard InChI is InChI=1S/C14H10ClN3/c1-9-8-17-14(15)18-13(9)11-5-4-10-3-2-6-16-12(10)7-11/h2-8H,1H3. The van der Waals surface area contributed by atoms with E-state index in [4.69, 9.17) is 11.6 Å². The van der Waals surface area contributed by atoms with Crippen molar-refractivity contribution in [3.63, 3.8) is 0 Å². The molecule has 18 heavy (non-hydrogen) atoms. The summed E-state index contributed by atoms with van der Waals surface area (Å²) in [7, 11) is 0. The van der Waals surface area contributed by atoms with E-state index in [1.54, 1.807) is 12.4 Å². The Balaban J connectivity index is 2.22. The van der Waals surface area contributed by atoms with Crippen LogP contribution in [0.15, 0.2) is 42.7 Å². The van der Waals surface area contributed by atoms with Gasteiger partial charge in [0.05, 0.1) is 11.2 Å². The molecule has 0 N–H and O–H groups in total. The summed E-state index contributed by atoms with van der Waals surface area (Å²) in [4.78, 5) is 12.6. The minimum atomic E-state index is 0.261. The zero-order valence-corrected chi connectivity index (χ0v) is 10.5. The average Bonchev–Trinajstić information content (AvgIpc) is 2.41. The summed E-state index contributed by atoms with van der Waals surface area (Å²) >= 11 is 5.85. The first-order valence-corrected chi connectivity index (χ1v) is 5.96. The quantitative estimate of drug-likeness (QED) is 0.623. The summed E-state index contributed by atoms with van der Waals surface area (Å²) in [5.74, 6) is 0. The van der Waals surface area contributed by atoms with Crippen LogP contribution in [-0.4, -0.2) is 15.0 Å². The van der Waals surface area contributed by atoms with Crippen molar-refractivity contribution >= 4 is 22.5 Å². The lowest BCUT2D eigenvalue weighted by molar-refractivity contribution is 1.13. The number of pyridine rings is 1. The number of halogens is 1. The number of aromatic nitrogens is 3. The van der Waals surface area contributed by atoms with Crippen molar-refractivity contribution in [2.45, 2.75) is 6.92 Å². The third-order valence-electron chi connectivity index (χ3n) is 2.82. The van der Waals surface area contributed by atoms with E-state index in [2.05, 4.69) is 15.0 Å². The molecule has 0 unspecified atom stereocenters. The molecule has 3 rings (SSSR count). The fourth-order valence-corrected chi connectivity index (χ4v) is 2.06. The van der Waals surface area contributed by atoms with Crippen LogP contribution in [0, 0.1) is 6.92 Å². The Kier molecular flexibility index (Phi) is 2.68. The molecule has 2 heterocycles. The second kappa shape index (κ2) is 4.35. The number of hydrogen-bond donors (Lipinski definition) is 0. The molecule has 0 aliphatic heterocycles. The summed E-state index contributed by atoms with van der Waals surface area (Å²) in [6, 6.07) is 10.0. The topological polar surface area (TPSA) is 38.7 Å². The Morgan fingerprint density at radius 2 is 2.00 bits per heavy atom. The molecule has 0 aliphatic rings. The Morgan fingerprint density at radius 1 is 1.11 bits per heavy atom. The van der Waals surface area contributed by atoms with Crippen LogP contribution in [-0.2, 0) is 0 Å². The van der Waals surface area contributed by atoms with Gasteiger partial charge in [-0.25, -0.2) is 9.97 Å². The molecule has 88 valence electrons. The predicted octanol–water partition coefficient (Wildman–Crippen LogP) is 3.65. The molecule has 0 radical (unpaired) electrons. The van der Waals surface area contributed by atoms with Crippen molar-refractivity contribution in [3.05, 3.63) is 53.6 Å². The van der Waals surface area contributed by atoms with Gasteiger partial charge in [0.1, 0.15) is 0 Å². The van der Waals surface area contributed by atoms with Gasteiger partial charge in [-0.1, -0.05) is 18.2 Å².